The fourth-order valence-corrected chi connectivity index (χ4v) is 8.77. The summed E-state index contributed by atoms with van der Waals surface area (Å²) in [6, 6.07) is 14.8. The van der Waals surface area contributed by atoms with Crippen molar-refractivity contribution in [2.24, 2.45) is 0 Å². The largest absolute Gasteiger partial charge is 0.390 e. The van der Waals surface area contributed by atoms with E-state index < -0.39 is 34.7 Å². The van der Waals surface area contributed by atoms with Crippen LogP contribution in [0, 0.1) is 6.92 Å². The lowest BCUT2D eigenvalue weighted by Gasteiger charge is -2.42. The zero-order valence-corrected chi connectivity index (χ0v) is 26.0. The van der Waals surface area contributed by atoms with E-state index in [4.69, 9.17) is 0 Å². The molecule has 4 N–H and O–H groups in total. The zero-order valence-electron chi connectivity index (χ0n) is 25.1. The van der Waals surface area contributed by atoms with Gasteiger partial charge in [-0.05, 0) is 80.1 Å². The molecule has 1 saturated carbocycles. The molecule has 0 spiro atoms. The quantitative estimate of drug-likeness (QED) is 0.283. The van der Waals surface area contributed by atoms with Crippen LogP contribution in [0.2, 0.25) is 0 Å². The average molecular weight is 598 g/mol. The first kappa shape index (κ1) is 31.0. The SMILES string of the molecule is Cc1ccc([C@H]2[C@H](O)[C@H](O)[C@H](O)C[SH]2C)cc1Cc1ccc(CCCC(=O)NC2(C(=O)N3CCN(C)CC3)CC2)cc1. The number of aryl methyl sites for hydroxylation is 2. The molecule has 3 fully saturated rings. The molecule has 0 bridgehead atoms. The molecule has 2 aromatic rings. The summed E-state index contributed by atoms with van der Waals surface area (Å²) in [7, 11) is 1.41. The standard InChI is InChI=1S/C33H47N3O5S/c1-22-7-12-25(31-30(40)29(39)27(37)21-42(31)3)20-26(22)19-24-10-8-23(9-11-24)5-4-6-28(38)34-33(13-14-33)32(41)36-17-15-35(2)16-18-36/h7-12,20,27,29-31,37,39-40,42H,4-6,13-19,21H2,1-3H3,(H,34,38)/t27-,29-,30-,31+/m1/s1. The Kier molecular flexibility index (Phi) is 9.64. The number of aliphatic hydroxyl groups excluding tert-OH is 3. The molecular formula is C33H47N3O5S. The van der Waals surface area contributed by atoms with E-state index in [9.17, 15) is 24.9 Å². The molecule has 3 aliphatic rings. The van der Waals surface area contributed by atoms with Crippen LogP contribution in [0.15, 0.2) is 42.5 Å². The summed E-state index contributed by atoms with van der Waals surface area (Å²) in [4.78, 5) is 29.8. The van der Waals surface area contributed by atoms with Gasteiger partial charge in [-0.2, -0.15) is 0 Å². The first-order valence-electron chi connectivity index (χ1n) is 15.3. The Balaban J connectivity index is 1.11. The normalized spacial score (nSPS) is 28.3. The minimum atomic E-state index is -1.11. The number of hydrogen-bond acceptors (Lipinski definition) is 6. The molecule has 2 amide bonds. The van der Waals surface area contributed by atoms with E-state index in [-0.39, 0.29) is 17.1 Å². The molecule has 2 saturated heterocycles. The molecule has 9 heteroatoms. The predicted molar refractivity (Wildman–Crippen MR) is 168 cm³/mol. The summed E-state index contributed by atoms with van der Waals surface area (Å²) in [5, 5.41) is 34.0. The second-order valence-electron chi connectivity index (χ2n) is 12.7. The molecule has 2 aliphatic heterocycles. The Morgan fingerprint density at radius 1 is 0.976 bits per heavy atom. The van der Waals surface area contributed by atoms with Crippen LogP contribution in [0.5, 0.6) is 0 Å². The minimum Gasteiger partial charge on any atom is -0.390 e. The summed E-state index contributed by atoms with van der Waals surface area (Å²) in [6.45, 7) is 5.30. The van der Waals surface area contributed by atoms with Crippen molar-refractivity contribution in [2.45, 2.75) is 74.5 Å². The number of nitrogens with one attached hydrogen (secondary N) is 1. The molecule has 2 aromatic carbocycles. The van der Waals surface area contributed by atoms with Crippen LogP contribution in [0.1, 0.15) is 58.8 Å². The third-order valence-corrected chi connectivity index (χ3v) is 11.9. The van der Waals surface area contributed by atoms with Crippen LogP contribution in [0.25, 0.3) is 0 Å². The number of aliphatic hydroxyl groups is 3. The molecule has 42 heavy (non-hydrogen) atoms. The summed E-state index contributed by atoms with van der Waals surface area (Å²) >= 11 is 0. The molecule has 0 aromatic heterocycles. The van der Waals surface area contributed by atoms with Crippen molar-refractivity contribution >= 4 is 22.7 Å². The highest BCUT2D eigenvalue weighted by Gasteiger charge is 2.53. The third-order valence-electron chi connectivity index (χ3n) is 9.35. The highest BCUT2D eigenvalue weighted by molar-refractivity contribution is 8.16. The van der Waals surface area contributed by atoms with Crippen LogP contribution in [-0.2, 0) is 22.4 Å². The first-order chi connectivity index (χ1) is 20.1. The van der Waals surface area contributed by atoms with Crippen molar-refractivity contribution in [2.75, 3.05) is 45.2 Å². The maximum absolute atomic E-state index is 13.0. The van der Waals surface area contributed by atoms with Gasteiger partial charge in [-0.1, -0.05) is 42.5 Å². The Morgan fingerprint density at radius 2 is 1.64 bits per heavy atom. The van der Waals surface area contributed by atoms with Gasteiger partial charge in [0.25, 0.3) is 0 Å². The van der Waals surface area contributed by atoms with E-state index in [1.165, 1.54) is 22.3 Å². The molecule has 8 nitrogen and oxygen atoms in total. The number of benzene rings is 2. The van der Waals surface area contributed by atoms with Crippen molar-refractivity contribution in [3.63, 3.8) is 0 Å². The number of piperazine rings is 1. The number of likely N-dealkylation sites (N-methyl/N-ethyl adjacent to an activating group) is 1. The van der Waals surface area contributed by atoms with Crippen molar-refractivity contribution in [1.82, 2.24) is 15.1 Å². The number of hydrogen-bond donors (Lipinski definition) is 5. The molecule has 5 atom stereocenters. The van der Waals surface area contributed by atoms with Crippen LogP contribution < -0.4 is 5.32 Å². The second kappa shape index (κ2) is 13.1. The number of nitrogens with zero attached hydrogens (tertiary/aromatic N) is 2. The fourth-order valence-electron chi connectivity index (χ4n) is 6.36. The maximum atomic E-state index is 13.0. The lowest BCUT2D eigenvalue weighted by atomic mass is 9.93. The molecule has 1 aliphatic carbocycles. The average Bonchev–Trinajstić information content (AvgIpc) is 3.75. The van der Waals surface area contributed by atoms with Gasteiger partial charge in [0.1, 0.15) is 11.6 Å². The predicted octanol–water partition coefficient (Wildman–Crippen LogP) is 2.10. The van der Waals surface area contributed by atoms with Crippen molar-refractivity contribution in [3.05, 3.63) is 70.3 Å². The van der Waals surface area contributed by atoms with Crippen LogP contribution in [0.4, 0.5) is 0 Å². The highest BCUT2D eigenvalue weighted by Crippen LogP contribution is 2.48. The maximum Gasteiger partial charge on any atom is 0.248 e. The molecule has 2 heterocycles. The monoisotopic (exact) mass is 597 g/mol. The molecule has 5 rings (SSSR count). The summed E-state index contributed by atoms with van der Waals surface area (Å²) in [5.41, 5.74) is 5.09. The van der Waals surface area contributed by atoms with Gasteiger partial charge < -0.3 is 30.4 Å². The Morgan fingerprint density at radius 3 is 2.31 bits per heavy atom. The van der Waals surface area contributed by atoms with Gasteiger partial charge in [0.2, 0.25) is 11.8 Å². The van der Waals surface area contributed by atoms with Crippen LogP contribution >= 0.6 is 10.9 Å². The van der Waals surface area contributed by atoms with Gasteiger partial charge in [0.15, 0.2) is 0 Å². The van der Waals surface area contributed by atoms with E-state index in [1.807, 2.05) is 11.0 Å². The summed E-state index contributed by atoms with van der Waals surface area (Å²) in [5.74, 6) is 0.574. The second-order valence-corrected chi connectivity index (χ2v) is 15.1. The van der Waals surface area contributed by atoms with Crippen molar-refractivity contribution < 1.29 is 24.9 Å². The summed E-state index contributed by atoms with van der Waals surface area (Å²) in [6.07, 6.45) is 3.32. The van der Waals surface area contributed by atoms with Crippen LogP contribution in [0.3, 0.4) is 0 Å². The van der Waals surface area contributed by atoms with Gasteiger partial charge in [-0.15, -0.1) is 0 Å². The third kappa shape index (κ3) is 7.03. The number of carbonyl (C=O) groups excluding carboxylic acids is 2. The van der Waals surface area contributed by atoms with Gasteiger partial charge >= 0.3 is 0 Å². The van der Waals surface area contributed by atoms with E-state index in [2.05, 4.69) is 66.8 Å². The van der Waals surface area contributed by atoms with E-state index in [0.29, 0.717) is 12.2 Å². The molecule has 1 unspecified atom stereocenters. The lowest BCUT2D eigenvalue weighted by Crippen LogP contribution is -2.55. The highest BCUT2D eigenvalue weighted by atomic mass is 32.2. The summed E-state index contributed by atoms with van der Waals surface area (Å²) < 4.78 is 0. The first-order valence-corrected chi connectivity index (χ1v) is 17.3. The Labute approximate surface area is 252 Å². The van der Waals surface area contributed by atoms with E-state index >= 15 is 0 Å². The Hall–Kier alpha value is -2.43. The molecule has 0 radical (unpaired) electrons. The number of rotatable bonds is 9. The molecular weight excluding hydrogens is 550 g/mol. The minimum absolute atomic E-state index is 0.0391. The van der Waals surface area contributed by atoms with Gasteiger partial charge in [0.05, 0.1) is 12.2 Å². The van der Waals surface area contributed by atoms with Crippen molar-refractivity contribution in [3.8, 4) is 0 Å². The van der Waals surface area contributed by atoms with Gasteiger partial charge in [0, 0.05) is 43.6 Å². The number of carbonyl (C=O) groups is 2. The van der Waals surface area contributed by atoms with Crippen molar-refractivity contribution in [1.29, 1.82) is 0 Å². The Bertz CT molecular complexity index is 1260. The molecule has 230 valence electrons. The van der Waals surface area contributed by atoms with Crippen LogP contribution in [-0.4, -0.2) is 106 Å². The zero-order chi connectivity index (χ0) is 30.0. The van der Waals surface area contributed by atoms with Gasteiger partial charge in [-0.25, -0.2) is 10.9 Å². The lowest BCUT2D eigenvalue weighted by molar-refractivity contribution is -0.139. The topological polar surface area (TPSA) is 113 Å². The number of thiol groups is 1. The fraction of sp³-hybridized carbons (Fsp3) is 0.576. The van der Waals surface area contributed by atoms with E-state index in [1.54, 1.807) is 0 Å². The smallest absolute Gasteiger partial charge is 0.248 e. The number of amides is 2. The van der Waals surface area contributed by atoms with Gasteiger partial charge in [-0.3, -0.25) is 9.59 Å². The van der Waals surface area contributed by atoms with E-state index in [0.717, 1.165) is 63.8 Å².